The fraction of sp³-hybridized carbons (Fsp3) is 0.524. The maximum atomic E-state index is 13.1. The molecule has 0 unspecified atom stereocenters. The molecule has 0 aliphatic carbocycles. The van der Waals surface area contributed by atoms with Crippen molar-refractivity contribution in [2.75, 3.05) is 6.61 Å². The van der Waals surface area contributed by atoms with Crippen LogP contribution in [-0.2, 0) is 24.7 Å². The van der Waals surface area contributed by atoms with Gasteiger partial charge in [0.25, 0.3) is 0 Å². The van der Waals surface area contributed by atoms with E-state index in [2.05, 4.69) is 22.1 Å². The van der Waals surface area contributed by atoms with Crippen molar-refractivity contribution in [2.24, 2.45) is 12.5 Å². The van der Waals surface area contributed by atoms with Gasteiger partial charge in [0.05, 0.1) is 18.7 Å². The number of hydrogen-bond acceptors (Lipinski definition) is 3. The van der Waals surface area contributed by atoms with Gasteiger partial charge in [-0.1, -0.05) is 30.3 Å². The topological polar surface area (TPSA) is 58.4 Å². The molecule has 0 spiro atoms. The van der Waals surface area contributed by atoms with Gasteiger partial charge in [-0.25, -0.2) is 0 Å². The summed E-state index contributed by atoms with van der Waals surface area (Å²) in [4.78, 5) is 15.2. The predicted molar refractivity (Wildman–Crippen MR) is 99.6 cm³/mol. The maximum absolute atomic E-state index is 13.1. The zero-order chi connectivity index (χ0) is 18.3. The van der Waals surface area contributed by atoms with E-state index in [1.54, 1.807) is 4.68 Å². The second kappa shape index (κ2) is 6.54. The Balaban J connectivity index is 1.55. The van der Waals surface area contributed by atoms with Crippen LogP contribution in [-0.4, -0.2) is 44.4 Å². The molecular formula is C21H27N3O2. The third-order valence-electron chi connectivity index (χ3n) is 6.31. The van der Waals surface area contributed by atoms with Gasteiger partial charge in [-0.05, 0) is 38.2 Å². The van der Waals surface area contributed by atoms with E-state index in [9.17, 15) is 9.90 Å². The van der Waals surface area contributed by atoms with E-state index >= 15 is 0 Å². The Labute approximate surface area is 154 Å². The lowest BCUT2D eigenvalue weighted by Crippen LogP contribution is -2.44. The third kappa shape index (κ3) is 2.84. The van der Waals surface area contributed by atoms with Crippen LogP contribution in [0.1, 0.15) is 36.1 Å². The Hall–Kier alpha value is -2.14. The minimum absolute atomic E-state index is 0.138. The van der Waals surface area contributed by atoms with Gasteiger partial charge < -0.3 is 10.0 Å². The minimum Gasteiger partial charge on any atom is -0.396 e. The zero-order valence-electron chi connectivity index (χ0n) is 15.6. The number of amides is 1. The minimum atomic E-state index is -0.204. The van der Waals surface area contributed by atoms with Gasteiger partial charge in [0.1, 0.15) is 0 Å². The van der Waals surface area contributed by atoms with Crippen molar-refractivity contribution in [2.45, 2.75) is 51.1 Å². The molecule has 2 saturated heterocycles. The van der Waals surface area contributed by atoms with Gasteiger partial charge in [0.15, 0.2) is 0 Å². The Bertz CT molecular complexity index is 801. The van der Waals surface area contributed by atoms with E-state index in [1.165, 1.54) is 5.56 Å². The third-order valence-corrected chi connectivity index (χ3v) is 6.31. The summed E-state index contributed by atoms with van der Waals surface area (Å²) in [5.41, 5.74) is 2.96. The molecule has 3 atom stereocenters. The molecule has 0 saturated carbocycles. The number of hydrogen-bond donors (Lipinski definition) is 1. The highest BCUT2D eigenvalue weighted by Crippen LogP contribution is 2.51. The fourth-order valence-corrected chi connectivity index (χ4v) is 5.16. The first kappa shape index (κ1) is 17.3. The molecule has 4 rings (SSSR count). The molecule has 5 heteroatoms. The summed E-state index contributed by atoms with van der Waals surface area (Å²) in [6.07, 6.45) is 6.13. The molecule has 2 aliphatic rings. The van der Waals surface area contributed by atoms with Crippen LogP contribution in [0.3, 0.4) is 0 Å². The highest BCUT2D eigenvalue weighted by atomic mass is 16.3. The summed E-state index contributed by atoms with van der Waals surface area (Å²) < 4.78 is 1.77. The van der Waals surface area contributed by atoms with Crippen LogP contribution in [0.15, 0.2) is 36.5 Å². The van der Waals surface area contributed by atoms with Gasteiger partial charge in [-0.3, -0.25) is 9.48 Å². The van der Waals surface area contributed by atoms with E-state index in [0.717, 1.165) is 36.9 Å². The van der Waals surface area contributed by atoms with Crippen molar-refractivity contribution in [1.29, 1.82) is 0 Å². The van der Waals surface area contributed by atoms with Crippen LogP contribution in [0.25, 0.3) is 0 Å². The number of fused-ring (bicyclic) bond motifs is 2. The van der Waals surface area contributed by atoms with Gasteiger partial charge in [-0.15, -0.1) is 0 Å². The molecule has 138 valence electrons. The first-order valence-corrected chi connectivity index (χ1v) is 9.47. The fourth-order valence-electron chi connectivity index (χ4n) is 5.16. The first-order chi connectivity index (χ1) is 12.5. The van der Waals surface area contributed by atoms with E-state index < -0.39 is 0 Å². The summed E-state index contributed by atoms with van der Waals surface area (Å²) >= 11 is 0. The van der Waals surface area contributed by atoms with Crippen LogP contribution < -0.4 is 0 Å². The zero-order valence-corrected chi connectivity index (χ0v) is 15.6. The smallest absolute Gasteiger partial charge is 0.227 e. The Morgan fingerprint density at radius 3 is 2.73 bits per heavy atom. The number of aliphatic hydroxyl groups excluding tert-OH is 1. The van der Waals surface area contributed by atoms with Gasteiger partial charge in [0, 0.05) is 36.3 Å². The van der Waals surface area contributed by atoms with Crippen LogP contribution in [0.4, 0.5) is 0 Å². The summed E-state index contributed by atoms with van der Waals surface area (Å²) in [5.74, 6) is 0.178. The molecule has 3 heterocycles. The summed E-state index contributed by atoms with van der Waals surface area (Å²) in [7, 11) is 1.89. The van der Waals surface area contributed by atoms with Gasteiger partial charge >= 0.3 is 0 Å². The first-order valence-electron chi connectivity index (χ1n) is 9.47. The number of rotatable bonds is 5. The van der Waals surface area contributed by atoms with Crippen LogP contribution in [0.2, 0.25) is 0 Å². The normalized spacial score (nSPS) is 27.3. The molecule has 2 bridgehead atoms. The standard InChI is InChI=1S/C21H27N3O2/c1-15-17(13-23(2)22-15)10-20(26)24-18-8-9-19(24)21(12-18,14-25)11-16-6-4-3-5-7-16/h3-7,13,18-19,25H,8-12,14H2,1-2H3/t18-,19+,21-/m1/s1. The maximum Gasteiger partial charge on any atom is 0.227 e. The van der Waals surface area contributed by atoms with Crippen LogP contribution >= 0.6 is 0 Å². The molecular weight excluding hydrogens is 326 g/mol. The number of aliphatic hydroxyl groups is 1. The lowest BCUT2D eigenvalue weighted by atomic mass is 9.70. The largest absolute Gasteiger partial charge is 0.396 e. The van der Waals surface area contributed by atoms with Crippen molar-refractivity contribution >= 4 is 5.91 Å². The number of carbonyl (C=O) groups is 1. The average molecular weight is 353 g/mol. The molecule has 1 N–H and O–H groups in total. The monoisotopic (exact) mass is 353 g/mol. The Morgan fingerprint density at radius 2 is 2.08 bits per heavy atom. The Kier molecular flexibility index (Phi) is 4.35. The molecule has 0 radical (unpaired) electrons. The molecule has 1 aromatic carbocycles. The van der Waals surface area contributed by atoms with E-state index in [-0.39, 0.29) is 30.0 Å². The van der Waals surface area contributed by atoms with E-state index in [4.69, 9.17) is 0 Å². The summed E-state index contributed by atoms with van der Waals surface area (Å²) in [5, 5.41) is 14.6. The number of aromatic nitrogens is 2. The predicted octanol–water partition coefficient (Wildman–Crippen LogP) is 2.26. The molecule has 26 heavy (non-hydrogen) atoms. The molecule has 2 aliphatic heterocycles. The van der Waals surface area contributed by atoms with Crippen LogP contribution in [0, 0.1) is 12.3 Å². The van der Waals surface area contributed by atoms with Crippen molar-refractivity contribution in [3.05, 3.63) is 53.3 Å². The van der Waals surface area contributed by atoms with Crippen molar-refractivity contribution in [3.8, 4) is 0 Å². The molecule has 2 fully saturated rings. The van der Waals surface area contributed by atoms with Crippen molar-refractivity contribution in [3.63, 3.8) is 0 Å². The summed E-state index contributed by atoms with van der Waals surface area (Å²) in [6, 6.07) is 10.7. The molecule has 1 amide bonds. The lowest BCUT2D eigenvalue weighted by molar-refractivity contribution is -0.132. The number of benzene rings is 1. The van der Waals surface area contributed by atoms with Gasteiger partial charge in [-0.2, -0.15) is 5.10 Å². The van der Waals surface area contributed by atoms with Crippen LogP contribution in [0.5, 0.6) is 0 Å². The number of aryl methyl sites for hydroxylation is 2. The molecule has 2 aromatic rings. The highest BCUT2D eigenvalue weighted by Gasteiger charge is 2.56. The van der Waals surface area contributed by atoms with Crippen molar-refractivity contribution < 1.29 is 9.90 Å². The second-order valence-electron chi connectivity index (χ2n) is 8.03. The number of nitrogens with zero attached hydrogens (tertiary/aromatic N) is 3. The highest BCUT2D eigenvalue weighted by molar-refractivity contribution is 5.80. The lowest BCUT2D eigenvalue weighted by Gasteiger charge is -2.36. The van der Waals surface area contributed by atoms with E-state index in [0.29, 0.717) is 6.42 Å². The van der Waals surface area contributed by atoms with Gasteiger partial charge in [0.2, 0.25) is 5.91 Å². The van der Waals surface area contributed by atoms with Crippen molar-refractivity contribution in [1.82, 2.24) is 14.7 Å². The Morgan fingerprint density at radius 1 is 1.31 bits per heavy atom. The quantitative estimate of drug-likeness (QED) is 0.897. The number of carbonyl (C=O) groups excluding carboxylic acids is 1. The SMILES string of the molecule is Cc1nn(C)cc1CC(=O)N1[C@@H]2CC[C@H]1[C@](CO)(Cc1ccccc1)C2. The summed E-state index contributed by atoms with van der Waals surface area (Å²) in [6.45, 7) is 2.09. The second-order valence-corrected chi connectivity index (χ2v) is 8.03. The van der Waals surface area contributed by atoms with E-state index in [1.807, 2.05) is 38.4 Å². The average Bonchev–Trinajstić information content (AvgIpc) is 3.27. The molecule has 5 nitrogen and oxygen atoms in total. The molecule has 1 aromatic heterocycles.